The van der Waals surface area contributed by atoms with E-state index in [4.69, 9.17) is 11.6 Å². The Morgan fingerprint density at radius 3 is 2.22 bits per heavy atom. The van der Waals surface area contributed by atoms with Gasteiger partial charge in [0.25, 0.3) is 0 Å². The smallest absolute Gasteiger partial charge is 0.337 e. The lowest BCUT2D eigenvalue weighted by atomic mass is 10.0. The Kier molecular flexibility index (Phi) is 5.14. The molecule has 27 heavy (non-hydrogen) atoms. The zero-order valence-electron chi connectivity index (χ0n) is 14.3. The molecule has 0 aliphatic heterocycles. The number of nitrogens with one attached hydrogen (secondary N) is 2. The van der Waals surface area contributed by atoms with Crippen molar-refractivity contribution in [1.29, 1.82) is 0 Å². The van der Waals surface area contributed by atoms with Gasteiger partial charge in [-0.1, -0.05) is 17.7 Å². The van der Waals surface area contributed by atoms with Gasteiger partial charge in [0, 0.05) is 11.4 Å². The fraction of sp³-hybridized carbons (Fsp3) is 0.211. The summed E-state index contributed by atoms with van der Waals surface area (Å²) in [7, 11) is 1.26. The fourth-order valence-electron chi connectivity index (χ4n) is 2.60. The summed E-state index contributed by atoms with van der Waals surface area (Å²) in [6, 6.07) is 10.0. The summed E-state index contributed by atoms with van der Waals surface area (Å²) < 4.78 is 17.9. The SMILES string of the molecule is COC(=O)c1cccc(NC(=O)C2(C(=O)Nc3ccc(F)c(Cl)c3)CC2)c1. The third kappa shape index (κ3) is 3.93. The number of benzene rings is 2. The highest BCUT2D eigenvalue weighted by molar-refractivity contribution is 6.31. The van der Waals surface area contributed by atoms with Crippen LogP contribution in [0, 0.1) is 11.2 Å². The highest BCUT2D eigenvalue weighted by Gasteiger charge is 2.56. The Labute approximate surface area is 159 Å². The van der Waals surface area contributed by atoms with Crippen LogP contribution in [-0.2, 0) is 14.3 Å². The van der Waals surface area contributed by atoms with Crippen molar-refractivity contribution in [3.05, 3.63) is 58.9 Å². The van der Waals surface area contributed by atoms with Crippen molar-refractivity contribution >= 4 is 40.8 Å². The van der Waals surface area contributed by atoms with Crippen LogP contribution in [0.1, 0.15) is 23.2 Å². The van der Waals surface area contributed by atoms with Gasteiger partial charge in [-0.15, -0.1) is 0 Å². The Morgan fingerprint density at radius 1 is 1.04 bits per heavy atom. The van der Waals surface area contributed by atoms with Crippen molar-refractivity contribution in [3.8, 4) is 0 Å². The third-order valence-electron chi connectivity index (χ3n) is 4.34. The molecular formula is C19H16ClFN2O4. The lowest BCUT2D eigenvalue weighted by Gasteiger charge is -2.16. The van der Waals surface area contributed by atoms with E-state index in [0.29, 0.717) is 24.2 Å². The van der Waals surface area contributed by atoms with Crippen LogP contribution in [0.15, 0.2) is 42.5 Å². The van der Waals surface area contributed by atoms with E-state index in [9.17, 15) is 18.8 Å². The van der Waals surface area contributed by atoms with E-state index in [-0.39, 0.29) is 10.6 Å². The lowest BCUT2D eigenvalue weighted by Crippen LogP contribution is -2.35. The molecule has 6 nitrogen and oxygen atoms in total. The number of rotatable bonds is 5. The summed E-state index contributed by atoms with van der Waals surface area (Å²) in [6.45, 7) is 0. The molecule has 0 radical (unpaired) electrons. The number of esters is 1. The molecule has 3 rings (SSSR count). The first kappa shape index (κ1) is 18.8. The molecule has 2 aromatic rings. The van der Waals surface area contributed by atoms with Crippen LogP contribution in [0.4, 0.5) is 15.8 Å². The molecule has 0 spiro atoms. The van der Waals surface area contributed by atoms with E-state index >= 15 is 0 Å². The normalized spacial score (nSPS) is 14.2. The predicted octanol–water partition coefficient (Wildman–Crippen LogP) is 3.62. The molecule has 0 bridgehead atoms. The van der Waals surface area contributed by atoms with Gasteiger partial charge in [-0.2, -0.15) is 0 Å². The van der Waals surface area contributed by atoms with Gasteiger partial charge in [0.15, 0.2) is 0 Å². The predicted molar refractivity (Wildman–Crippen MR) is 98.1 cm³/mol. The maximum Gasteiger partial charge on any atom is 0.337 e. The van der Waals surface area contributed by atoms with Crippen molar-refractivity contribution in [3.63, 3.8) is 0 Å². The second-order valence-electron chi connectivity index (χ2n) is 6.19. The Bertz CT molecular complexity index is 928. The fourth-order valence-corrected chi connectivity index (χ4v) is 2.78. The molecule has 0 atom stereocenters. The maximum absolute atomic E-state index is 13.2. The van der Waals surface area contributed by atoms with Gasteiger partial charge in [-0.3, -0.25) is 9.59 Å². The van der Waals surface area contributed by atoms with E-state index < -0.39 is 29.0 Å². The second-order valence-corrected chi connectivity index (χ2v) is 6.60. The molecule has 140 valence electrons. The Morgan fingerprint density at radius 2 is 1.67 bits per heavy atom. The van der Waals surface area contributed by atoms with Crippen LogP contribution < -0.4 is 10.6 Å². The number of methoxy groups -OCH3 is 1. The van der Waals surface area contributed by atoms with E-state index in [2.05, 4.69) is 15.4 Å². The molecular weight excluding hydrogens is 375 g/mol. The van der Waals surface area contributed by atoms with Crippen molar-refractivity contribution in [2.24, 2.45) is 5.41 Å². The van der Waals surface area contributed by atoms with E-state index in [1.54, 1.807) is 18.2 Å². The van der Waals surface area contributed by atoms with Gasteiger partial charge in [0.05, 0.1) is 17.7 Å². The van der Waals surface area contributed by atoms with Crippen molar-refractivity contribution in [1.82, 2.24) is 0 Å². The van der Waals surface area contributed by atoms with Crippen LogP contribution in [0.3, 0.4) is 0 Å². The van der Waals surface area contributed by atoms with Gasteiger partial charge in [0.2, 0.25) is 11.8 Å². The highest BCUT2D eigenvalue weighted by atomic mass is 35.5. The topological polar surface area (TPSA) is 84.5 Å². The average molecular weight is 391 g/mol. The monoisotopic (exact) mass is 390 g/mol. The summed E-state index contributed by atoms with van der Waals surface area (Å²) in [6.07, 6.45) is 0.770. The Balaban J connectivity index is 1.71. The van der Waals surface area contributed by atoms with Gasteiger partial charge in [0.1, 0.15) is 11.2 Å². The summed E-state index contributed by atoms with van der Waals surface area (Å²) in [4.78, 5) is 36.8. The number of halogens is 2. The molecule has 0 saturated heterocycles. The van der Waals surface area contributed by atoms with Crippen LogP contribution in [-0.4, -0.2) is 24.9 Å². The van der Waals surface area contributed by atoms with Crippen molar-refractivity contribution in [2.75, 3.05) is 17.7 Å². The maximum atomic E-state index is 13.2. The molecule has 1 fully saturated rings. The van der Waals surface area contributed by atoms with Gasteiger partial charge in [-0.25, -0.2) is 9.18 Å². The lowest BCUT2D eigenvalue weighted by molar-refractivity contribution is -0.131. The molecule has 0 heterocycles. The summed E-state index contributed by atoms with van der Waals surface area (Å²) in [5.74, 6) is -2.10. The third-order valence-corrected chi connectivity index (χ3v) is 4.63. The summed E-state index contributed by atoms with van der Waals surface area (Å²) in [5.41, 5.74) is -0.238. The minimum absolute atomic E-state index is 0.123. The second kappa shape index (κ2) is 7.36. The van der Waals surface area contributed by atoms with Crippen LogP contribution in [0.5, 0.6) is 0 Å². The van der Waals surface area contributed by atoms with Crippen molar-refractivity contribution < 1.29 is 23.5 Å². The first-order valence-corrected chi connectivity index (χ1v) is 8.50. The standard InChI is InChI=1S/C19H16ClFN2O4/c1-27-16(24)11-3-2-4-12(9-11)22-17(25)19(7-8-19)18(26)23-13-5-6-15(21)14(20)10-13/h2-6,9-10H,7-8H2,1H3,(H,22,25)(H,23,26). The van der Waals surface area contributed by atoms with E-state index in [0.717, 1.165) is 6.07 Å². The number of hydrogen-bond acceptors (Lipinski definition) is 4. The molecule has 2 aromatic carbocycles. The highest BCUT2D eigenvalue weighted by Crippen LogP contribution is 2.47. The molecule has 2 N–H and O–H groups in total. The van der Waals surface area contributed by atoms with Gasteiger partial charge >= 0.3 is 5.97 Å². The van der Waals surface area contributed by atoms with Crippen LogP contribution in [0.25, 0.3) is 0 Å². The zero-order chi connectivity index (χ0) is 19.6. The number of carbonyl (C=O) groups is 3. The van der Waals surface area contributed by atoms with Crippen LogP contribution >= 0.6 is 11.6 Å². The first-order chi connectivity index (χ1) is 12.9. The number of hydrogen-bond donors (Lipinski definition) is 2. The quantitative estimate of drug-likeness (QED) is 0.603. The molecule has 1 aliphatic rings. The molecule has 0 unspecified atom stereocenters. The minimum atomic E-state index is -1.21. The van der Waals surface area contributed by atoms with E-state index in [1.165, 1.54) is 25.3 Å². The number of ether oxygens (including phenoxy) is 1. The minimum Gasteiger partial charge on any atom is -0.465 e. The largest absolute Gasteiger partial charge is 0.465 e. The molecule has 0 aromatic heterocycles. The molecule has 1 saturated carbocycles. The average Bonchev–Trinajstić information content (AvgIpc) is 3.46. The number of amides is 2. The number of carbonyl (C=O) groups excluding carboxylic acids is 3. The van der Waals surface area contributed by atoms with Gasteiger partial charge in [-0.05, 0) is 49.2 Å². The molecule has 1 aliphatic carbocycles. The van der Waals surface area contributed by atoms with Crippen molar-refractivity contribution in [2.45, 2.75) is 12.8 Å². The molecule has 2 amide bonds. The Hall–Kier alpha value is -2.93. The zero-order valence-corrected chi connectivity index (χ0v) is 15.1. The summed E-state index contributed by atoms with van der Waals surface area (Å²) in [5, 5.41) is 5.13. The van der Waals surface area contributed by atoms with E-state index in [1.807, 2.05) is 0 Å². The van der Waals surface area contributed by atoms with Gasteiger partial charge < -0.3 is 15.4 Å². The summed E-state index contributed by atoms with van der Waals surface area (Å²) >= 11 is 5.71. The first-order valence-electron chi connectivity index (χ1n) is 8.12. The number of anilines is 2. The molecule has 8 heteroatoms. The van der Waals surface area contributed by atoms with Crippen LogP contribution in [0.2, 0.25) is 5.02 Å².